The Morgan fingerprint density at radius 1 is 1.23 bits per heavy atom. The molecular weight excluding hydrogens is 386 g/mol. The van der Waals surface area contributed by atoms with E-state index < -0.39 is 6.04 Å². The molecule has 5 nitrogen and oxygen atoms in total. The number of nitrogens with two attached hydrogens (primary N) is 1. The summed E-state index contributed by atoms with van der Waals surface area (Å²) in [5.41, 5.74) is 0.994. The third kappa shape index (κ3) is 6.25. The Bertz CT molecular complexity index is 827. The van der Waals surface area contributed by atoms with Crippen LogP contribution in [0, 0.1) is 35.5 Å². The van der Waals surface area contributed by atoms with Crippen LogP contribution in [0.15, 0.2) is 23.4 Å². The van der Waals surface area contributed by atoms with E-state index in [0.717, 1.165) is 32.1 Å². The van der Waals surface area contributed by atoms with Gasteiger partial charge < -0.3 is 9.91 Å². The SMILES string of the molecule is CCCCCC#CC#C/C=C/CC(C)CC1CC(C)/C(=C2/C(=O)C(C)N(C)C2=O)N1N. The lowest BCUT2D eigenvalue weighted by Gasteiger charge is -2.25. The molecule has 0 radical (unpaired) electrons. The predicted octanol–water partition coefficient (Wildman–Crippen LogP) is 3.81. The first-order valence-corrected chi connectivity index (χ1v) is 11.5. The highest BCUT2D eigenvalue weighted by molar-refractivity contribution is 6.26. The Morgan fingerprint density at radius 3 is 2.61 bits per heavy atom. The van der Waals surface area contributed by atoms with Crippen LogP contribution in [0.3, 0.4) is 0 Å². The first-order valence-electron chi connectivity index (χ1n) is 11.5. The van der Waals surface area contributed by atoms with E-state index >= 15 is 0 Å². The second kappa shape index (κ2) is 11.8. The number of likely N-dealkylation sites (N-methyl/N-ethyl adjacent to an activating group) is 1. The molecule has 0 aromatic heterocycles. The van der Waals surface area contributed by atoms with Crippen LogP contribution < -0.4 is 5.84 Å². The molecule has 0 aromatic carbocycles. The molecule has 0 aliphatic carbocycles. The second-order valence-electron chi connectivity index (χ2n) is 8.92. The van der Waals surface area contributed by atoms with Crippen molar-refractivity contribution in [3.63, 3.8) is 0 Å². The summed E-state index contributed by atoms with van der Waals surface area (Å²) in [6.45, 7) is 8.19. The normalized spacial score (nSPS) is 26.8. The molecule has 0 aromatic rings. The first kappa shape index (κ1) is 24.8. The quantitative estimate of drug-likeness (QED) is 0.222. The number of hydrazine groups is 1. The minimum absolute atomic E-state index is 0.0982. The van der Waals surface area contributed by atoms with Crippen molar-refractivity contribution >= 4 is 11.7 Å². The van der Waals surface area contributed by atoms with Crippen molar-refractivity contribution in [1.29, 1.82) is 0 Å². The molecule has 2 rings (SSSR count). The first-order chi connectivity index (χ1) is 14.8. The van der Waals surface area contributed by atoms with E-state index in [9.17, 15) is 9.59 Å². The highest BCUT2D eigenvalue weighted by Gasteiger charge is 2.45. The summed E-state index contributed by atoms with van der Waals surface area (Å²) in [6.07, 6.45) is 11.1. The van der Waals surface area contributed by atoms with Gasteiger partial charge in [0.05, 0.1) is 6.04 Å². The maximum Gasteiger partial charge on any atom is 0.259 e. The number of amides is 1. The molecule has 0 spiro atoms. The average Bonchev–Trinajstić information content (AvgIpc) is 3.10. The Morgan fingerprint density at radius 2 is 1.97 bits per heavy atom. The topological polar surface area (TPSA) is 66.6 Å². The molecule has 1 amide bonds. The fourth-order valence-corrected chi connectivity index (χ4v) is 4.32. The van der Waals surface area contributed by atoms with Gasteiger partial charge in [0.25, 0.3) is 5.91 Å². The monoisotopic (exact) mass is 423 g/mol. The zero-order valence-electron chi connectivity index (χ0n) is 19.7. The van der Waals surface area contributed by atoms with Gasteiger partial charge in [-0.3, -0.25) is 9.59 Å². The van der Waals surface area contributed by atoms with E-state index in [2.05, 4.69) is 50.5 Å². The highest BCUT2D eigenvalue weighted by atomic mass is 16.2. The van der Waals surface area contributed by atoms with Gasteiger partial charge in [0, 0.05) is 31.1 Å². The zero-order chi connectivity index (χ0) is 23.0. The van der Waals surface area contributed by atoms with Crippen molar-refractivity contribution < 1.29 is 9.59 Å². The summed E-state index contributed by atoms with van der Waals surface area (Å²) in [7, 11) is 1.67. The van der Waals surface area contributed by atoms with Gasteiger partial charge in [-0.15, -0.1) is 0 Å². The molecule has 4 unspecified atom stereocenters. The van der Waals surface area contributed by atoms with Crippen molar-refractivity contribution in [3.8, 4) is 23.7 Å². The number of Topliss-reactive ketones (excluding diaryl/α,β-unsaturated/α-hetero) is 1. The van der Waals surface area contributed by atoms with Crippen LogP contribution in [-0.2, 0) is 9.59 Å². The van der Waals surface area contributed by atoms with Gasteiger partial charge in [-0.2, -0.15) is 0 Å². The fraction of sp³-hybridized carbons (Fsp3) is 0.615. The van der Waals surface area contributed by atoms with Crippen LogP contribution in [0.25, 0.3) is 0 Å². The number of hydrogen-bond donors (Lipinski definition) is 1. The van der Waals surface area contributed by atoms with Gasteiger partial charge in [-0.25, -0.2) is 5.84 Å². The summed E-state index contributed by atoms with van der Waals surface area (Å²) >= 11 is 0. The van der Waals surface area contributed by atoms with E-state index in [-0.39, 0.29) is 29.2 Å². The van der Waals surface area contributed by atoms with E-state index in [0.29, 0.717) is 11.6 Å². The molecular formula is C26H37N3O2. The van der Waals surface area contributed by atoms with Gasteiger partial charge in [-0.05, 0) is 56.4 Å². The number of carbonyl (C=O) groups excluding carboxylic acids is 2. The molecule has 2 aliphatic rings. The minimum atomic E-state index is -0.416. The summed E-state index contributed by atoms with van der Waals surface area (Å²) in [4.78, 5) is 26.7. The summed E-state index contributed by atoms with van der Waals surface area (Å²) < 4.78 is 0. The van der Waals surface area contributed by atoms with Crippen LogP contribution >= 0.6 is 0 Å². The summed E-state index contributed by atoms with van der Waals surface area (Å²) in [5.74, 6) is 18.4. The van der Waals surface area contributed by atoms with Crippen molar-refractivity contribution in [3.05, 3.63) is 23.4 Å². The lowest BCUT2D eigenvalue weighted by molar-refractivity contribution is -0.125. The van der Waals surface area contributed by atoms with Crippen LogP contribution in [0.2, 0.25) is 0 Å². The number of likely N-dealkylation sites (tertiary alicyclic amines) is 1. The molecule has 0 saturated carbocycles. The molecule has 5 heteroatoms. The number of ketones is 1. The van der Waals surface area contributed by atoms with E-state index in [1.165, 1.54) is 17.7 Å². The Hall–Kier alpha value is -2.50. The lowest BCUT2D eigenvalue weighted by Crippen LogP contribution is -2.37. The van der Waals surface area contributed by atoms with Crippen LogP contribution in [-0.4, -0.2) is 40.7 Å². The Labute approximate surface area is 188 Å². The van der Waals surface area contributed by atoms with Crippen LogP contribution in [0.5, 0.6) is 0 Å². The van der Waals surface area contributed by atoms with E-state index in [4.69, 9.17) is 5.84 Å². The number of hydrogen-bond acceptors (Lipinski definition) is 4. The van der Waals surface area contributed by atoms with Crippen LogP contribution in [0.1, 0.15) is 72.6 Å². The van der Waals surface area contributed by atoms with Crippen molar-refractivity contribution in [2.45, 2.75) is 84.7 Å². The van der Waals surface area contributed by atoms with Crippen molar-refractivity contribution in [2.75, 3.05) is 7.05 Å². The van der Waals surface area contributed by atoms with E-state index in [1.54, 1.807) is 19.0 Å². The number of carbonyl (C=O) groups is 2. The Kier molecular flexibility index (Phi) is 9.41. The van der Waals surface area contributed by atoms with Gasteiger partial charge >= 0.3 is 0 Å². The van der Waals surface area contributed by atoms with Crippen LogP contribution in [0.4, 0.5) is 0 Å². The molecule has 168 valence electrons. The minimum Gasteiger partial charge on any atom is -0.331 e. The summed E-state index contributed by atoms with van der Waals surface area (Å²) in [6, 6.07) is -0.288. The predicted molar refractivity (Wildman–Crippen MR) is 125 cm³/mol. The summed E-state index contributed by atoms with van der Waals surface area (Å²) in [5, 5.41) is 1.69. The molecule has 31 heavy (non-hydrogen) atoms. The maximum absolute atomic E-state index is 12.6. The molecule has 2 aliphatic heterocycles. The largest absolute Gasteiger partial charge is 0.331 e. The Balaban J connectivity index is 1.90. The second-order valence-corrected chi connectivity index (χ2v) is 8.92. The van der Waals surface area contributed by atoms with Gasteiger partial charge in [-0.1, -0.05) is 51.5 Å². The molecule has 4 atom stereocenters. The zero-order valence-corrected chi connectivity index (χ0v) is 19.7. The average molecular weight is 424 g/mol. The molecule has 2 heterocycles. The fourth-order valence-electron chi connectivity index (χ4n) is 4.32. The number of allylic oxidation sites excluding steroid dienone is 3. The van der Waals surface area contributed by atoms with Crippen molar-refractivity contribution in [1.82, 2.24) is 9.91 Å². The number of nitrogens with zero attached hydrogens (tertiary/aromatic N) is 2. The van der Waals surface area contributed by atoms with Gasteiger partial charge in [0.2, 0.25) is 0 Å². The molecule has 2 N–H and O–H groups in total. The van der Waals surface area contributed by atoms with Gasteiger partial charge in [0.1, 0.15) is 5.57 Å². The van der Waals surface area contributed by atoms with Gasteiger partial charge in [0.15, 0.2) is 5.78 Å². The lowest BCUT2D eigenvalue weighted by atomic mass is 9.94. The molecule has 2 saturated heterocycles. The standard InChI is InChI=1S/C26H37N3O2/c1-6-7-8-9-10-11-12-13-14-15-16-19(2)17-22-18-20(3)24(29(22)27)23-25(30)21(4)28(5)26(23)31/h14-15,19-22H,6-9,16-18,27H2,1-5H3/b15-14+,24-23+. The highest BCUT2D eigenvalue weighted by Crippen LogP contribution is 2.38. The maximum atomic E-state index is 12.6. The molecule has 2 fully saturated rings. The third-order valence-corrected chi connectivity index (χ3v) is 6.30. The third-order valence-electron chi connectivity index (χ3n) is 6.30. The smallest absolute Gasteiger partial charge is 0.259 e. The van der Waals surface area contributed by atoms with E-state index in [1.807, 2.05) is 6.08 Å². The number of unbranched alkanes of at least 4 members (excludes halogenated alkanes) is 3. The number of rotatable bonds is 7. The molecule has 0 bridgehead atoms. The van der Waals surface area contributed by atoms with Crippen molar-refractivity contribution in [2.24, 2.45) is 17.7 Å².